The molecule has 0 aliphatic rings. The Morgan fingerprint density at radius 1 is 0.870 bits per heavy atom. The highest BCUT2D eigenvalue weighted by Crippen LogP contribution is 2.31. The van der Waals surface area contributed by atoms with Gasteiger partial charge in [-0.05, 0) is 24.2 Å². The molecule has 0 rings (SSSR count). The number of hydrogen-bond acceptors (Lipinski definition) is 5. The van der Waals surface area contributed by atoms with Crippen LogP contribution in [0, 0.1) is 10.8 Å². The molecule has 0 saturated carbocycles. The van der Waals surface area contributed by atoms with Crippen LogP contribution < -0.4 is 0 Å². The van der Waals surface area contributed by atoms with E-state index in [0.29, 0.717) is 0 Å². The molecule has 0 fully saturated rings. The highest BCUT2D eigenvalue weighted by molar-refractivity contribution is 7.91. The first kappa shape index (κ1) is 22.9. The van der Waals surface area contributed by atoms with E-state index in [1.165, 1.54) is 6.26 Å². The minimum atomic E-state index is -3.32. The van der Waals surface area contributed by atoms with Gasteiger partial charge in [-0.1, -0.05) is 41.5 Å². The lowest BCUT2D eigenvalue weighted by atomic mass is 9.88. The lowest BCUT2D eigenvalue weighted by Gasteiger charge is -2.35. The number of sulfone groups is 2. The summed E-state index contributed by atoms with van der Waals surface area (Å²) in [4.78, 5) is 0. The minimum Gasteiger partial charge on any atom is -0.374 e. The highest BCUT2D eigenvalue weighted by atomic mass is 32.2. The highest BCUT2D eigenvalue weighted by Gasteiger charge is 2.37. The van der Waals surface area contributed by atoms with E-state index in [1.807, 2.05) is 48.5 Å². The molecule has 3 unspecified atom stereocenters. The molecule has 5 nitrogen and oxygen atoms in total. The van der Waals surface area contributed by atoms with Crippen LogP contribution in [0.1, 0.15) is 54.9 Å². The van der Waals surface area contributed by atoms with Crippen LogP contribution in [-0.2, 0) is 24.4 Å². The van der Waals surface area contributed by atoms with E-state index in [9.17, 15) is 16.8 Å². The zero-order valence-electron chi connectivity index (χ0n) is 16.0. The Labute approximate surface area is 143 Å². The third kappa shape index (κ3) is 9.05. The van der Waals surface area contributed by atoms with Crippen molar-refractivity contribution in [2.75, 3.05) is 18.3 Å². The first-order valence-corrected chi connectivity index (χ1v) is 11.9. The summed E-state index contributed by atoms with van der Waals surface area (Å²) in [6, 6.07) is 0. The van der Waals surface area contributed by atoms with Gasteiger partial charge in [0.15, 0.2) is 9.84 Å². The maximum Gasteiger partial charge on any atom is 0.150 e. The molecule has 0 aliphatic heterocycles. The van der Waals surface area contributed by atoms with Gasteiger partial charge in [0.25, 0.3) is 0 Å². The lowest BCUT2D eigenvalue weighted by molar-refractivity contribution is -0.0516. The van der Waals surface area contributed by atoms with Gasteiger partial charge in [-0.15, -0.1) is 0 Å². The average Bonchev–Trinajstić information content (AvgIpc) is 2.18. The molecule has 0 aromatic carbocycles. The van der Waals surface area contributed by atoms with E-state index in [-0.39, 0.29) is 23.7 Å². The monoisotopic (exact) mass is 370 g/mol. The van der Waals surface area contributed by atoms with Crippen molar-refractivity contribution in [3.05, 3.63) is 0 Å². The Kier molecular flexibility index (Phi) is 7.35. The molecule has 0 N–H and O–H groups in total. The second-order valence-electron chi connectivity index (χ2n) is 8.78. The van der Waals surface area contributed by atoms with Crippen molar-refractivity contribution >= 4 is 19.7 Å². The fraction of sp³-hybridized carbons (Fsp3) is 1.00. The molecule has 0 radical (unpaired) electrons. The van der Waals surface area contributed by atoms with E-state index in [2.05, 4.69) is 0 Å². The first-order valence-electron chi connectivity index (χ1n) is 7.86. The van der Waals surface area contributed by atoms with Crippen LogP contribution in [0.5, 0.6) is 0 Å². The van der Waals surface area contributed by atoms with Gasteiger partial charge >= 0.3 is 0 Å². The van der Waals surface area contributed by atoms with Gasteiger partial charge in [0.2, 0.25) is 0 Å². The van der Waals surface area contributed by atoms with Gasteiger partial charge in [0.05, 0.1) is 23.2 Å². The molecule has 140 valence electrons. The Balaban J connectivity index is 5.52. The van der Waals surface area contributed by atoms with E-state index < -0.39 is 36.4 Å². The number of rotatable bonds is 7. The smallest absolute Gasteiger partial charge is 0.150 e. The lowest BCUT2D eigenvalue weighted by Crippen LogP contribution is -2.42. The molecular formula is C16H34O5S2. The van der Waals surface area contributed by atoms with Gasteiger partial charge in [-0.3, -0.25) is 0 Å². The Hall–Kier alpha value is -0.140. The van der Waals surface area contributed by atoms with Crippen LogP contribution in [0.3, 0.4) is 0 Å². The molecule has 0 bridgehead atoms. The third-order valence-electron chi connectivity index (χ3n) is 4.06. The topological polar surface area (TPSA) is 77.5 Å². The van der Waals surface area contributed by atoms with Crippen molar-refractivity contribution in [1.82, 2.24) is 0 Å². The molecule has 0 aliphatic carbocycles. The SMILES string of the molecule is CC(OC(CC(C(C)(C)C)S(C)(=O)=O)CS(C)(=O)=O)C(C)(C)C. The van der Waals surface area contributed by atoms with Crippen LogP contribution in [0.2, 0.25) is 0 Å². The van der Waals surface area contributed by atoms with Gasteiger partial charge in [0, 0.05) is 12.5 Å². The molecule has 3 atom stereocenters. The van der Waals surface area contributed by atoms with E-state index in [1.54, 1.807) is 0 Å². The third-order valence-corrected chi connectivity index (χ3v) is 6.98. The van der Waals surface area contributed by atoms with Crippen molar-refractivity contribution in [2.24, 2.45) is 10.8 Å². The predicted molar refractivity (Wildman–Crippen MR) is 96.2 cm³/mol. The first-order chi connectivity index (χ1) is 9.84. The quantitative estimate of drug-likeness (QED) is 0.688. The Morgan fingerprint density at radius 3 is 1.57 bits per heavy atom. The fourth-order valence-electron chi connectivity index (χ4n) is 2.40. The molecule has 7 heteroatoms. The molecular weight excluding hydrogens is 336 g/mol. The number of hydrogen-bond donors (Lipinski definition) is 0. The molecule has 0 spiro atoms. The Bertz CT molecular complexity index is 577. The largest absolute Gasteiger partial charge is 0.374 e. The summed E-state index contributed by atoms with van der Waals surface area (Å²) in [5, 5.41) is -0.658. The van der Waals surface area contributed by atoms with Crippen LogP contribution in [-0.4, -0.2) is 52.6 Å². The van der Waals surface area contributed by atoms with E-state index in [0.717, 1.165) is 6.26 Å². The van der Waals surface area contributed by atoms with Crippen molar-refractivity contribution in [3.8, 4) is 0 Å². The summed E-state index contributed by atoms with van der Waals surface area (Å²) in [7, 11) is -6.59. The van der Waals surface area contributed by atoms with Gasteiger partial charge in [-0.25, -0.2) is 16.8 Å². The second-order valence-corrected chi connectivity index (χ2v) is 13.2. The van der Waals surface area contributed by atoms with Crippen LogP contribution in [0.25, 0.3) is 0 Å². The summed E-state index contributed by atoms with van der Waals surface area (Å²) in [5.41, 5.74) is -0.643. The molecule has 0 aromatic rings. The second kappa shape index (κ2) is 7.40. The van der Waals surface area contributed by atoms with Gasteiger partial charge in [0.1, 0.15) is 9.84 Å². The summed E-state index contributed by atoms with van der Waals surface area (Å²) in [6.07, 6.45) is 1.70. The normalized spacial score (nSPS) is 18.5. The maximum atomic E-state index is 12.2. The molecule has 0 amide bonds. The van der Waals surface area contributed by atoms with Gasteiger partial charge < -0.3 is 4.74 Å². The van der Waals surface area contributed by atoms with Crippen molar-refractivity contribution in [3.63, 3.8) is 0 Å². The van der Waals surface area contributed by atoms with E-state index >= 15 is 0 Å². The van der Waals surface area contributed by atoms with Crippen LogP contribution >= 0.6 is 0 Å². The molecule has 0 heterocycles. The fourth-order valence-corrected chi connectivity index (χ4v) is 5.14. The number of ether oxygens (including phenoxy) is 1. The van der Waals surface area contributed by atoms with Crippen molar-refractivity contribution < 1.29 is 21.6 Å². The average molecular weight is 371 g/mol. The zero-order valence-corrected chi connectivity index (χ0v) is 17.6. The summed E-state index contributed by atoms with van der Waals surface area (Å²) in [5.74, 6) is -0.171. The minimum absolute atomic E-state index is 0.155. The Morgan fingerprint density at radius 2 is 1.30 bits per heavy atom. The maximum absolute atomic E-state index is 12.2. The summed E-state index contributed by atoms with van der Waals surface area (Å²) < 4.78 is 53.7. The molecule has 23 heavy (non-hydrogen) atoms. The molecule has 0 aromatic heterocycles. The standard InChI is InChI=1S/C16H34O5S2/c1-12(15(2,3)4)21-13(11-22(8,17)18)10-14(16(5,6)7)23(9,19)20/h12-14H,10-11H2,1-9H3. The summed E-state index contributed by atoms with van der Waals surface area (Å²) >= 11 is 0. The zero-order chi connectivity index (χ0) is 18.9. The van der Waals surface area contributed by atoms with E-state index in [4.69, 9.17) is 4.74 Å². The van der Waals surface area contributed by atoms with Crippen LogP contribution in [0.4, 0.5) is 0 Å². The molecule has 0 saturated heterocycles. The van der Waals surface area contributed by atoms with Crippen LogP contribution in [0.15, 0.2) is 0 Å². The summed E-state index contributed by atoms with van der Waals surface area (Å²) in [6.45, 7) is 13.5. The van der Waals surface area contributed by atoms with Gasteiger partial charge in [-0.2, -0.15) is 0 Å². The van der Waals surface area contributed by atoms with Crippen molar-refractivity contribution in [1.29, 1.82) is 0 Å². The van der Waals surface area contributed by atoms with Crippen molar-refractivity contribution in [2.45, 2.75) is 72.3 Å². The predicted octanol–water partition coefficient (Wildman–Crippen LogP) is 2.70.